The Balaban J connectivity index is 1.58. The highest BCUT2D eigenvalue weighted by Gasteiger charge is 2.20. The predicted molar refractivity (Wildman–Crippen MR) is 111 cm³/mol. The van der Waals surface area contributed by atoms with Crippen molar-refractivity contribution in [3.05, 3.63) is 59.7 Å². The van der Waals surface area contributed by atoms with Crippen LogP contribution < -0.4 is 20.1 Å². The molecule has 1 atom stereocenters. The fourth-order valence-corrected chi connectivity index (χ4v) is 2.94. The Hall–Kier alpha value is -2.73. The molecule has 0 radical (unpaired) electrons. The average molecular weight is 383 g/mol. The van der Waals surface area contributed by atoms with Gasteiger partial charge in [-0.25, -0.2) is 4.99 Å². The molecule has 2 aromatic rings. The van der Waals surface area contributed by atoms with Crippen LogP contribution >= 0.6 is 0 Å². The molecule has 1 aliphatic rings. The van der Waals surface area contributed by atoms with E-state index >= 15 is 0 Å². The quantitative estimate of drug-likeness (QED) is 0.542. The van der Waals surface area contributed by atoms with E-state index in [2.05, 4.69) is 29.7 Å². The van der Waals surface area contributed by atoms with Crippen LogP contribution in [0.1, 0.15) is 25.0 Å². The average Bonchev–Trinajstić information content (AvgIpc) is 2.74. The van der Waals surface area contributed by atoms with Crippen LogP contribution in [-0.4, -0.2) is 38.4 Å². The summed E-state index contributed by atoms with van der Waals surface area (Å²) in [7, 11) is 0. The minimum absolute atomic E-state index is 0.0657. The van der Waals surface area contributed by atoms with Crippen molar-refractivity contribution in [2.24, 2.45) is 4.99 Å². The van der Waals surface area contributed by atoms with E-state index in [1.807, 2.05) is 43.3 Å². The van der Waals surface area contributed by atoms with E-state index in [0.717, 1.165) is 24.0 Å². The van der Waals surface area contributed by atoms with Gasteiger partial charge in [-0.2, -0.15) is 0 Å². The van der Waals surface area contributed by atoms with Crippen molar-refractivity contribution in [3.8, 4) is 11.5 Å². The lowest BCUT2D eigenvalue weighted by atomic mass is 10.1. The van der Waals surface area contributed by atoms with Crippen LogP contribution in [0.25, 0.3) is 0 Å². The summed E-state index contributed by atoms with van der Waals surface area (Å²) in [6, 6.07) is 16.0. The van der Waals surface area contributed by atoms with E-state index in [1.54, 1.807) is 0 Å². The van der Waals surface area contributed by atoms with Crippen molar-refractivity contribution in [3.63, 3.8) is 0 Å². The number of aliphatic imine (C=N–C) groups is 1. The van der Waals surface area contributed by atoms with Crippen molar-refractivity contribution >= 4 is 5.96 Å². The molecule has 6 nitrogen and oxygen atoms in total. The molecule has 0 amide bonds. The number of nitrogens with zero attached hydrogens (tertiary/aromatic N) is 1. The normalized spacial score (nSPS) is 15.9. The number of rotatable bonds is 8. The highest BCUT2D eigenvalue weighted by molar-refractivity contribution is 5.79. The van der Waals surface area contributed by atoms with Crippen LogP contribution in [0.2, 0.25) is 0 Å². The number of nitrogens with one attached hydrogen (secondary N) is 2. The SMILES string of the molecule is CCNC(=NCc1ccccc1COCC)NCC1COc2ccccc2O1. The van der Waals surface area contributed by atoms with Gasteiger partial charge in [0.05, 0.1) is 19.7 Å². The lowest BCUT2D eigenvalue weighted by Crippen LogP contribution is -2.45. The lowest BCUT2D eigenvalue weighted by molar-refractivity contribution is 0.0936. The van der Waals surface area contributed by atoms with Crippen molar-refractivity contribution in [2.45, 2.75) is 33.1 Å². The molecule has 0 aromatic heterocycles. The molecule has 2 aromatic carbocycles. The number of ether oxygens (including phenoxy) is 3. The number of benzene rings is 2. The standard InChI is InChI=1S/C22H29N3O3/c1-3-23-22(24-13-17-9-5-6-10-18(17)15-26-4-2)25-14-19-16-27-20-11-7-8-12-21(20)28-19/h5-12,19H,3-4,13-16H2,1-2H3,(H2,23,24,25). The Kier molecular flexibility index (Phi) is 7.55. The smallest absolute Gasteiger partial charge is 0.191 e. The topological polar surface area (TPSA) is 64.1 Å². The molecule has 1 heterocycles. The van der Waals surface area contributed by atoms with Crippen LogP contribution in [0.15, 0.2) is 53.5 Å². The third-order valence-corrected chi connectivity index (χ3v) is 4.40. The van der Waals surface area contributed by atoms with Crippen LogP contribution in [0, 0.1) is 0 Å². The number of para-hydroxylation sites is 2. The molecule has 0 aliphatic carbocycles. The number of hydrogen-bond acceptors (Lipinski definition) is 4. The molecule has 0 fully saturated rings. The molecule has 150 valence electrons. The maximum absolute atomic E-state index is 6.00. The summed E-state index contributed by atoms with van der Waals surface area (Å²) in [4.78, 5) is 4.72. The summed E-state index contributed by atoms with van der Waals surface area (Å²) in [5, 5.41) is 6.64. The zero-order valence-electron chi connectivity index (χ0n) is 16.6. The maximum atomic E-state index is 6.00. The van der Waals surface area contributed by atoms with Gasteiger partial charge in [-0.3, -0.25) is 0 Å². The fraction of sp³-hybridized carbons (Fsp3) is 0.409. The van der Waals surface area contributed by atoms with E-state index in [-0.39, 0.29) is 6.10 Å². The van der Waals surface area contributed by atoms with Gasteiger partial charge in [0.25, 0.3) is 0 Å². The zero-order valence-corrected chi connectivity index (χ0v) is 16.6. The van der Waals surface area contributed by atoms with Gasteiger partial charge in [-0.05, 0) is 37.1 Å². The Labute approximate surface area is 166 Å². The fourth-order valence-electron chi connectivity index (χ4n) is 2.94. The lowest BCUT2D eigenvalue weighted by Gasteiger charge is -2.27. The van der Waals surface area contributed by atoms with E-state index < -0.39 is 0 Å². The molecule has 28 heavy (non-hydrogen) atoms. The maximum Gasteiger partial charge on any atom is 0.191 e. The molecule has 1 unspecified atom stereocenters. The van der Waals surface area contributed by atoms with E-state index in [0.29, 0.717) is 32.9 Å². The summed E-state index contributed by atoms with van der Waals surface area (Å²) >= 11 is 0. The molecular formula is C22H29N3O3. The molecule has 6 heteroatoms. The summed E-state index contributed by atoms with van der Waals surface area (Å²) in [5.41, 5.74) is 2.34. The van der Waals surface area contributed by atoms with E-state index in [9.17, 15) is 0 Å². The Morgan fingerprint density at radius 1 is 1.04 bits per heavy atom. The molecule has 0 bridgehead atoms. The zero-order chi connectivity index (χ0) is 19.6. The van der Waals surface area contributed by atoms with Crippen molar-refractivity contribution < 1.29 is 14.2 Å². The summed E-state index contributed by atoms with van der Waals surface area (Å²) in [6.07, 6.45) is -0.0657. The Morgan fingerprint density at radius 2 is 1.79 bits per heavy atom. The first-order valence-electron chi connectivity index (χ1n) is 9.85. The number of guanidine groups is 1. The van der Waals surface area contributed by atoms with Crippen molar-refractivity contribution in [1.82, 2.24) is 10.6 Å². The molecule has 0 saturated carbocycles. The first kappa shape index (κ1) is 20.0. The summed E-state index contributed by atoms with van der Waals surface area (Å²) in [6.45, 7) is 7.87. The first-order chi connectivity index (χ1) is 13.8. The largest absolute Gasteiger partial charge is 0.486 e. The van der Waals surface area contributed by atoms with Crippen LogP contribution in [0.3, 0.4) is 0 Å². The molecule has 0 saturated heterocycles. The van der Waals surface area contributed by atoms with Gasteiger partial charge in [0, 0.05) is 13.2 Å². The van der Waals surface area contributed by atoms with Crippen molar-refractivity contribution in [2.75, 3.05) is 26.3 Å². The Bertz CT molecular complexity index is 779. The highest BCUT2D eigenvalue weighted by Crippen LogP contribution is 2.30. The second kappa shape index (κ2) is 10.6. The van der Waals surface area contributed by atoms with Crippen LogP contribution in [0.5, 0.6) is 11.5 Å². The number of hydrogen-bond donors (Lipinski definition) is 2. The van der Waals surface area contributed by atoms with Gasteiger partial charge in [0.1, 0.15) is 12.7 Å². The van der Waals surface area contributed by atoms with Gasteiger partial charge in [-0.1, -0.05) is 36.4 Å². The second-order valence-electron chi connectivity index (χ2n) is 6.48. The Morgan fingerprint density at radius 3 is 2.57 bits per heavy atom. The minimum atomic E-state index is -0.0657. The third kappa shape index (κ3) is 5.63. The molecule has 3 rings (SSSR count). The molecule has 1 aliphatic heterocycles. The van der Waals surface area contributed by atoms with Crippen LogP contribution in [0.4, 0.5) is 0 Å². The summed E-state index contributed by atoms with van der Waals surface area (Å²) < 4.78 is 17.3. The minimum Gasteiger partial charge on any atom is -0.486 e. The van der Waals surface area contributed by atoms with Gasteiger partial charge in [-0.15, -0.1) is 0 Å². The van der Waals surface area contributed by atoms with Crippen molar-refractivity contribution in [1.29, 1.82) is 0 Å². The van der Waals surface area contributed by atoms with Crippen LogP contribution in [-0.2, 0) is 17.9 Å². The second-order valence-corrected chi connectivity index (χ2v) is 6.48. The van der Waals surface area contributed by atoms with E-state index in [4.69, 9.17) is 19.2 Å². The van der Waals surface area contributed by atoms with Gasteiger partial charge < -0.3 is 24.8 Å². The monoisotopic (exact) mass is 383 g/mol. The third-order valence-electron chi connectivity index (χ3n) is 4.40. The molecule has 0 spiro atoms. The predicted octanol–water partition coefficient (Wildman–Crippen LogP) is 3.12. The summed E-state index contributed by atoms with van der Waals surface area (Å²) in [5.74, 6) is 2.34. The van der Waals surface area contributed by atoms with Gasteiger partial charge >= 0.3 is 0 Å². The molecule has 2 N–H and O–H groups in total. The van der Waals surface area contributed by atoms with Gasteiger partial charge in [0.15, 0.2) is 17.5 Å². The number of fused-ring (bicyclic) bond motifs is 1. The highest BCUT2D eigenvalue weighted by atomic mass is 16.6. The van der Waals surface area contributed by atoms with Gasteiger partial charge in [0.2, 0.25) is 0 Å². The van der Waals surface area contributed by atoms with E-state index in [1.165, 1.54) is 11.1 Å². The first-order valence-corrected chi connectivity index (χ1v) is 9.85. The molecular weight excluding hydrogens is 354 g/mol.